The molecule has 3 nitrogen and oxygen atoms in total. The van der Waals surface area contributed by atoms with Gasteiger partial charge in [-0.3, -0.25) is 9.79 Å². The second kappa shape index (κ2) is 5.49. The fraction of sp³-hybridized carbons (Fsp3) is 0.500. The lowest BCUT2D eigenvalue weighted by atomic mass is 10.1. The first-order valence-electron chi connectivity index (χ1n) is 5.31. The van der Waals surface area contributed by atoms with Crippen LogP contribution >= 0.6 is 0 Å². The molecule has 82 valence electrons. The minimum Gasteiger partial charge on any atom is -0.311 e. The Labute approximate surface area is 91.2 Å². The van der Waals surface area contributed by atoms with Crippen molar-refractivity contribution in [3.8, 4) is 0 Å². The molecular weight excluding hydrogens is 188 g/mol. The van der Waals surface area contributed by atoms with E-state index in [0.29, 0.717) is 6.42 Å². The molecule has 1 aliphatic rings. The molecule has 0 bridgehead atoms. The van der Waals surface area contributed by atoms with Crippen molar-refractivity contribution in [2.24, 2.45) is 4.99 Å². The van der Waals surface area contributed by atoms with Crippen molar-refractivity contribution < 1.29 is 4.79 Å². The van der Waals surface area contributed by atoms with Gasteiger partial charge in [0.2, 0.25) is 5.91 Å². The van der Waals surface area contributed by atoms with Crippen molar-refractivity contribution in [2.45, 2.75) is 33.1 Å². The summed E-state index contributed by atoms with van der Waals surface area (Å²) in [6.45, 7) is 8.26. The van der Waals surface area contributed by atoms with Gasteiger partial charge >= 0.3 is 0 Å². The summed E-state index contributed by atoms with van der Waals surface area (Å²) >= 11 is 0. The lowest BCUT2D eigenvalue weighted by Crippen LogP contribution is -2.35. The maximum atomic E-state index is 11.6. The van der Waals surface area contributed by atoms with Crippen molar-refractivity contribution in [3.05, 3.63) is 24.0 Å². The van der Waals surface area contributed by atoms with Gasteiger partial charge in [0.25, 0.3) is 0 Å². The number of hydrogen-bond acceptors (Lipinski definition) is 2. The number of amides is 1. The molecule has 3 heteroatoms. The molecule has 1 amide bonds. The minimum atomic E-state index is 0.197. The van der Waals surface area contributed by atoms with Crippen LogP contribution in [0.25, 0.3) is 0 Å². The Balaban J connectivity index is 2.74. The molecule has 1 rings (SSSR count). The highest BCUT2D eigenvalue weighted by atomic mass is 16.2. The molecular formula is C12H18N2O. The third-order valence-corrected chi connectivity index (χ3v) is 2.35. The van der Waals surface area contributed by atoms with Crippen LogP contribution in [0.3, 0.4) is 0 Å². The monoisotopic (exact) mass is 206 g/mol. The smallest absolute Gasteiger partial charge is 0.227 e. The second-order valence-electron chi connectivity index (χ2n) is 3.71. The van der Waals surface area contributed by atoms with Crippen molar-refractivity contribution in [3.63, 3.8) is 0 Å². The Morgan fingerprint density at radius 3 is 2.80 bits per heavy atom. The molecule has 1 aliphatic heterocycles. The predicted octanol–water partition coefficient (Wildman–Crippen LogP) is 2.51. The van der Waals surface area contributed by atoms with Crippen LogP contribution < -0.4 is 0 Å². The van der Waals surface area contributed by atoms with Crippen LogP contribution in [0.1, 0.15) is 33.1 Å². The number of rotatable bonds is 3. The highest BCUT2D eigenvalue weighted by Gasteiger charge is 2.19. The van der Waals surface area contributed by atoms with E-state index < -0.39 is 0 Å². The van der Waals surface area contributed by atoms with Gasteiger partial charge in [-0.05, 0) is 26.7 Å². The SMILES string of the molecule is C=C(C)/N=C\C(=C/C)N1CCCCC1=O. The lowest BCUT2D eigenvalue weighted by molar-refractivity contribution is -0.130. The molecule has 1 saturated heterocycles. The summed E-state index contributed by atoms with van der Waals surface area (Å²) in [6.07, 6.45) is 6.35. The van der Waals surface area contributed by atoms with Gasteiger partial charge in [0.1, 0.15) is 0 Å². The van der Waals surface area contributed by atoms with Gasteiger partial charge in [0.05, 0.1) is 11.9 Å². The molecule has 0 aromatic carbocycles. The van der Waals surface area contributed by atoms with Crippen molar-refractivity contribution in [2.75, 3.05) is 6.54 Å². The fourth-order valence-electron chi connectivity index (χ4n) is 1.56. The summed E-state index contributed by atoms with van der Waals surface area (Å²) in [6, 6.07) is 0. The van der Waals surface area contributed by atoms with E-state index in [0.717, 1.165) is 30.8 Å². The Morgan fingerprint density at radius 1 is 1.53 bits per heavy atom. The normalized spacial score (nSPS) is 18.7. The summed E-state index contributed by atoms with van der Waals surface area (Å²) in [5.41, 5.74) is 1.63. The number of carbonyl (C=O) groups excluding carboxylic acids is 1. The average molecular weight is 206 g/mol. The quantitative estimate of drug-likeness (QED) is 0.653. The van der Waals surface area contributed by atoms with Gasteiger partial charge < -0.3 is 4.90 Å². The molecule has 0 saturated carbocycles. The number of nitrogens with zero attached hydrogens (tertiary/aromatic N) is 2. The second-order valence-corrected chi connectivity index (χ2v) is 3.71. The van der Waals surface area contributed by atoms with E-state index in [1.165, 1.54) is 0 Å². The first-order valence-corrected chi connectivity index (χ1v) is 5.31. The highest BCUT2D eigenvalue weighted by molar-refractivity contribution is 5.88. The number of piperidine rings is 1. The first kappa shape index (κ1) is 11.7. The maximum absolute atomic E-state index is 11.6. The van der Waals surface area contributed by atoms with E-state index in [4.69, 9.17) is 0 Å². The van der Waals surface area contributed by atoms with Crippen LogP contribution in [-0.2, 0) is 4.79 Å². The molecule has 0 aromatic rings. The zero-order valence-electron chi connectivity index (χ0n) is 9.49. The van der Waals surface area contributed by atoms with Gasteiger partial charge in [0, 0.05) is 18.7 Å². The van der Waals surface area contributed by atoms with Crippen LogP contribution in [-0.4, -0.2) is 23.6 Å². The summed E-state index contributed by atoms with van der Waals surface area (Å²) in [5.74, 6) is 0.197. The van der Waals surface area contributed by atoms with E-state index in [1.54, 1.807) is 11.1 Å². The summed E-state index contributed by atoms with van der Waals surface area (Å²) in [5, 5.41) is 0. The van der Waals surface area contributed by atoms with E-state index >= 15 is 0 Å². The molecule has 0 aromatic heterocycles. The van der Waals surface area contributed by atoms with E-state index in [-0.39, 0.29) is 5.91 Å². The van der Waals surface area contributed by atoms with Gasteiger partial charge in [-0.25, -0.2) is 0 Å². The van der Waals surface area contributed by atoms with Gasteiger partial charge in [-0.2, -0.15) is 0 Å². The highest BCUT2D eigenvalue weighted by Crippen LogP contribution is 2.15. The molecule has 1 fully saturated rings. The Bertz CT molecular complexity index is 316. The number of likely N-dealkylation sites (tertiary alicyclic amines) is 1. The topological polar surface area (TPSA) is 32.7 Å². The van der Waals surface area contributed by atoms with Crippen LogP contribution in [0.4, 0.5) is 0 Å². The number of allylic oxidation sites excluding steroid dienone is 3. The molecule has 0 N–H and O–H groups in total. The fourth-order valence-corrected chi connectivity index (χ4v) is 1.56. The average Bonchev–Trinajstić information content (AvgIpc) is 2.21. The van der Waals surface area contributed by atoms with E-state index in [2.05, 4.69) is 11.6 Å². The van der Waals surface area contributed by atoms with Gasteiger partial charge in [-0.15, -0.1) is 0 Å². The van der Waals surface area contributed by atoms with Crippen LogP contribution in [0.2, 0.25) is 0 Å². The van der Waals surface area contributed by atoms with E-state index in [9.17, 15) is 4.79 Å². The van der Waals surface area contributed by atoms with Gasteiger partial charge in [-0.1, -0.05) is 12.7 Å². The molecule has 15 heavy (non-hydrogen) atoms. The minimum absolute atomic E-state index is 0.197. The zero-order chi connectivity index (χ0) is 11.3. The van der Waals surface area contributed by atoms with Crippen molar-refractivity contribution in [1.29, 1.82) is 0 Å². The third kappa shape index (κ3) is 3.35. The lowest BCUT2D eigenvalue weighted by Gasteiger charge is -2.27. The standard InChI is InChI=1S/C12H18N2O/c1-4-11(9-13-10(2)3)14-8-6-5-7-12(14)15/h4,9H,2,5-8H2,1,3H3/b11-4+,13-9-. The Kier molecular flexibility index (Phi) is 4.28. The van der Waals surface area contributed by atoms with Crippen LogP contribution in [0, 0.1) is 0 Å². The Morgan fingerprint density at radius 2 is 2.27 bits per heavy atom. The zero-order valence-corrected chi connectivity index (χ0v) is 9.49. The first-order chi connectivity index (χ1) is 7.15. The van der Waals surface area contributed by atoms with Crippen molar-refractivity contribution >= 4 is 12.1 Å². The van der Waals surface area contributed by atoms with Crippen LogP contribution in [0.15, 0.2) is 29.0 Å². The van der Waals surface area contributed by atoms with Crippen molar-refractivity contribution in [1.82, 2.24) is 4.90 Å². The molecule has 0 radical (unpaired) electrons. The van der Waals surface area contributed by atoms with Crippen LogP contribution in [0.5, 0.6) is 0 Å². The molecule has 0 spiro atoms. The molecule has 0 aliphatic carbocycles. The molecule has 0 unspecified atom stereocenters. The maximum Gasteiger partial charge on any atom is 0.227 e. The third-order valence-electron chi connectivity index (χ3n) is 2.35. The largest absolute Gasteiger partial charge is 0.311 e. The summed E-state index contributed by atoms with van der Waals surface area (Å²) in [7, 11) is 0. The number of hydrogen-bond donors (Lipinski definition) is 0. The predicted molar refractivity (Wildman–Crippen MR) is 62.6 cm³/mol. The van der Waals surface area contributed by atoms with E-state index in [1.807, 2.05) is 19.9 Å². The molecule has 0 atom stereocenters. The number of carbonyl (C=O) groups is 1. The summed E-state index contributed by atoms with van der Waals surface area (Å²) in [4.78, 5) is 17.6. The summed E-state index contributed by atoms with van der Waals surface area (Å²) < 4.78 is 0. The van der Waals surface area contributed by atoms with Gasteiger partial charge in [0.15, 0.2) is 0 Å². The number of aliphatic imine (C=N–C) groups is 1. The Hall–Kier alpha value is -1.38. The molecule has 1 heterocycles.